The molecule has 0 aromatic heterocycles. The topological polar surface area (TPSA) is 0 Å². The molecule has 0 amide bonds. The first kappa shape index (κ1) is 15.2. The van der Waals surface area contributed by atoms with Crippen LogP contribution < -0.4 is 0 Å². The SMILES string of the molecule is CC1=CCC([CH]([Zr])C2=C(C)C(C)=CC2)=C1C.Cl. The number of rotatable bonds is 2. The summed E-state index contributed by atoms with van der Waals surface area (Å²) >= 11 is 1.65. The zero-order valence-corrected chi connectivity index (χ0v) is 14.3. The van der Waals surface area contributed by atoms with Gasteiger partial charge in [-0.25, -0.2) is 0 Å². The minimum absolute atomic E-state index is 0. The first-order chi connectivity index (χ1) is 7.52. The molecule has 91 valence electrons. The maximum atomic E-state index is 2.38. The van der Waals surface area contributed by atoms with Crippen molar-refractivity contribution >= 4 is 12.4 Å². The van der Waals surface area contributed by atoms with Crippen LogP contribution >= 0.6 is 12.4 Å². The van der Waals surface area contributed by atoms with E-state index < -0.39 is 0 Å². The summed E-state index contributed by atoms with van der Waals surface area (Å²) in [6, 6.07) is 0. The Bertz CT molecular complexity index is 408. The fraction of sp³-hybridized carbons (Fsp3) is 0.467. The van der Waals surface area contributed by atoms with Gasteiger partial charge in [-0.15, -0.1) is 12.4 Å². The maximum Gasteiger partial charge on any atom is -0.147 e. The van der Waals surface area contributed by atoms with Crippen LogP contribution in [-0.2, 0) is 24.7 Å². The van der Waals surface area contributed by atoms with Crippen molar-refractivity contribution in [3.05, 3.63) is 45.6 Å². The molecule has 0 bridgehead atoms. The summed E-state index contributed by atoms with van der Waals surface area (Å²) in [5.41, 5.74) is 9.42. The van der Waals surface area contributed by atoms with Gasteiger partial charge in [0.05, 0.1) is 0 Å². The van der Waals surface area contributed by atoms with E-state index in [1.807, 2.05) is 0 Å². The van der Waals surface area contributed by atoms with Gasteiger partial charge in [-0.2, -0.15) is 0 Å². The molecule has 2 heteroatoms. The fourth-order valence-electron chi connectivity index (χ4n) is 2.52. The van der Waals surface area contributed by atoms with Crippen molar-refractivity contribution in [1.82, 2.24) is 0 Å². The summed E-state index contributed by atoms with van der Waals surface area (Å²) in [5, 5.41) is 0. The van der Waals surface area contributed by atoms with Gasteiger partial charge in [0, 0.05) is 0 Å². The molecule has 2 aliphatic carbocycles. The van der Waals surface area contributed by atoms with Gasteiger partial charge in [0.15, 0.2) is 0 Å². The first-order valence-electron chi connectivity index (χ1n) is 5.97. The quantitative estimate of drug-likeness (QED) is 0.664. The molecule has 0 nitrogen and oxygen atoms in total. The molecule has 0 unspecified atom stereocenters. The fourth-order valence-corrected chi connectivity index (χ4v) is 4.17. The van der Waals surface area contributed by atoms with Crippen LogP contribution in [0.5, 0.6) is 0 Å². The van der Waals surface area contributed by atoms with Gasteiger partial charge >= 0.3 is 114 Å². The Kier molecular flexibility index (Phi) is 5.23. The van der Waals surface area contributed by atoms with Crippen LogP contribution in [0.4, 0.5) is 0 Å². The molecule has 0 aromatic carbocycles. The average Bonchev–Trinajstić information content (AvgIpc) is 2.74. The third-order valence-corrected chi connectivity index (χ3v) is 5.81. The Labute approximate surface area is 126 Å². The second-order valence-electron chi connectivity index (χ2n) is 4.92. The van der Waals surface area contributed by atoms with E-state index in [1.165, 1.54) is 24.0 Å². The van der Waals surface area contributed by atoms with Gasteiger partial charge in [-0.3, -0.25) is 0 Å². The van der Waals surface area contributed by atoms with E-state index in [2.05, 4.69) is 39.8 Å². The number of halogens is 1. The molecule has 17 heavy (non-hydrogen) atoms. The monoisotopic (exact) mass is 325 g/mol. The van der Waals surface area contributed by atoms with Crippen molar-refractivity contribution in [3.63, 3.8) is 0 Å². The van der Waals surface area contributed by atoms with Crippen molar-refractivity contribution in [2.75, 3.05) is 0 Å². The van der Waals surface area contributed by atoms with E-state index >= 15 is 0 Å². The molecule has 2 aliphatic rings. The van der Waals surface area contributed by atoms with E-state index in [0.29, 0.717) is 0 Å². The summed E-state index contributed by atoms with van der Waals surface area (Å²) < 4.78 is 0.717. The average molecular weight is 327 g/mol. The molecule has 0 spiro atoms. The number of hydrogen-bond acceptors (Lipinski definition) is 0. The Morgan fingerprint density at radius 2 is 1.24 bits per heavy atom. The van der Waals surface area contributed by atoms with Gasteiger partial charge in [0.25, 0.3) is 0 Å². The largest absolute Gasteiger partial charge is 0.147 e. The molecule has 0 atom stereocenters. The van der Waals surface area contributed by atoms with Crippen LogP contribution in [0.2, 0.25) is 3.63 Å². The van der Waals surface area contributed by atoms with Gasteiger partial charge in [0.1, 0.15) is 0 Å². The standard InChI is InChI=1S/C15H19.ClH.Zr/c1-10-5-7-14(12(10)3)9-15-8-6-11(2)13(15)4;;/h5-6,9H,7-8H2,1-4H3;1H;. The number of hydrogen-bond donors (Lipinski definition) is 0. The van der Waals surface area contributed by atoms with Crippen molar-refractivity contribution < 1.29 is 24.7 Å². The van der Waals surface area contributed by atoms with Gasteiger partial charge in [-0.05, 0) is 0 Å². The Balaban J connectivity index is 0.00000144. The molecule has 0 N–H and O–H groups in total. The third kappa shape index (κ3) is 2.77. The summed E-state index contributed by atoms with van der Waals surface area (Å²) in [6.07, 6.45) is 7.13. The van der Waals surface area contributed by atoms with E-state index in [-0.39, 0.29) is 12.4 Å². The summed E-state index contributed by atoms with van der Waals surface area (Å²) in [7, 11) is 0. The smallest absolute Gasteiger partial charge is 0.147 e. The minimum Gasteiger partial charge on any atom is -0.147 e. The van der Waals surface area contributed by atoms with Crippen LogP contribution in [-0.4, -0.2) is 0 Å². The van der Waals surface area contributed by atoms with Crippen molar-refractivity contribution in [3.8, 4) is 0 Å². The molecule has 0 aliphatic heterocycles. The van der Waals surface area contributed by atoms with Gasteiger partial charge < -0.3 is 0 Å². The Hall–Kier alpha value is 0.133. The van der Waals surface area contributed by atoms with E-state index in [9.17, 15) is 0 Å². The van der Waals surface area contributed by atoms with E-state index in [1.54, 1.807) is 47.0 Å². The molecule has 0 radical (unpaired) electrons. The van der Waals surface area contributed by atoms with Gasteiger partial charge in [0.2, 0.25) is 0 Å². The maximum absolute atomic E-state index is 2.38. The van der Waals surface area contributed by atoms with Crippen LogP contribution in [0.1, 0.15) is 40.5 Å². The van der Waals surface area contributed by atoms with Crippen molar-refractivity contribution in [2.24, 2.45) is 0 Å². The zero-order chi connectivity index (χ0) is 11.9. The first-order valence-corrected chi connectivity index (χ1v) is 7.39. The van der Waals surface area contributed by atoms with E-state index in [0.717, 1.165) is 3.63 Å². The second kappa shape index (κ2) is 5.85. The summed E-state index contributed by atoms with van der Waals surface area (Å²) in [5.74, 6) is 0. The van der Waals surface area contributed by atoms with Crippen LogP contribution in [0, 0.1) is 0 Å². The van der Waals surface area contributed by atoms with Crippen molar-refractivity contribution in [2.45, 2.75) is 44.2 Å². The molecule has 2 rings (SSSR count). The van der Waals surface area contributed by atoms with Crippen LogP contribution in [0.25, 0.3) is 0 Å². The molecular weight excluding hydrogens is 307 g/mol. The Morgan fingerprint density at radius 3 is 1.47 bits per heavy atom. The van der Waals surface area contributed by atoms with Gasteiger partial charge in [-0.1, -0.05) is 0 Å². The number of allylic oxidation sites excluding steroid dienone is 8. The molecule has 0 aromatic rings. The van der Waals surface area contributed by atoms with Crippen LogP contribution in [0.15, 0.2) is 45.6 Å². The third-order valence-electron chi connectivity index (χ3n) is 4.10. The Morgan fingerprint density at radius 1 is 0.882 bits per heavy atom. The molecule has 0 saturated carbocycles. The van der Waals surface area contributed by atoms with Crippen molar-refractivity contribution in [1.29, 1.82) is 0 Å². The van der Waals surface area contributed by atoms with E-state index in [4.69, 9.17) is 0 Å². The van der Waals surface area contributed by atoms with Crippen LogP contribution in [0.3, 0.4) is 0 Å². The predicted molar refractivity (Wildman–Crippen MR) is 73.1 cm³/mol. The molecule has 0 heterocycles. The summed E-state index contributed by atoms with van der Waals surface area (Å²) in [4.78, 5) is 0. The minimum atomic E-state index is 0. The second-order valence-corrected chi connectivity index (χ2v) is 6.34. The summed E-state index contributed by atoms with van der Waals surface area (Å²) in [6.45, 7) is 9.06. The predicted octanol–water partition coefficient (Wildman–Crippen LogP) is 5.08. The normalized spacial score (nSPS) is 19.8. The molecule has 0 fully saturated rings. The molecular formula is C15H20ClZr. The molecule has 0 saturated heterocycles. The zero-order valence-electron chi connectivity index (χ0n) is 11.1.